The van der Waals surface area contributed by atoms with Gasteiger partial charge >= 0.3 is 11.9 Å². The molecule has 2 aromatic rings. The number of halogens is 1. The molecule has 0 saturated carbocycles. The summed E-state index contributed by atoms with van der Waals surface area (Å²) in [4.78, 5) is 38.7. The Labute approximate surface area is 227 Å². The molecular weight excluding hydrogens is 506 g/mol. The van der Waals surface area contributed by atoms with Crippen LogP contribution in [-0.2, 0) is 19.1 Å². The van der Waals surface area contributed by atoms with Crippen LogP contribution in [0.2, 0.25) is 5.02 Å². The Bertz CT molecular complexity index is 1320. The van der Waals surface area contributed by atoms with Crippen molar-refractivity contribution in [3.8, 4) is 11.5 Å². The minimum Gasteiger partial charge on any atom is -0.493 e. The number of allylic oxidation sites excluding steroid dienone is 3. The lowest BCUT2D eigenvalue weighted by atomic mass is 9.71. The van der Waals surface area contributed by atoms with Crippen LogP contribution in [0, 0.1) is 5.92 Å². The summed E-state index contributed by atoms with van der Waals surface area (Å²) in [6.45, 7) is 7.32. The molecule has 0 amide bonds. The van der Waals surface area contributed by atoms with Gasteiger partial charge in [-0.2, -0.15) is 0 Å². The fraction of sp³-hybridized carbons (Fsp3) is 0.367. The van der Waals surface area contributed by atoms with Gasteiger partial charge in [-0.25, -0.2) is 4.79 Å². The highest BCUT2D eigenvalue weighted by atomic mass is 35.5. The zero-order valence-corrected chi connectivity index (χ0v) is 23.0. The lowest BCUT2D eigenvalue weighted by Crippen LogP contribution is -2.36. The Morgan fingerprint density at radius 2 is 1.74 bits per heavy atom. The van der Waals surface area contributed by atoms with Crippen LogP contribution in [0.15, 0.2) is 65.0 Å². The van der Waals surface area contributed by atoms with Crippen LogP contribution < -0.4 is 14.8 Å². The standard InChI is InChI=1S/C30H32ClNO6/c1-16(2)15-37-30(35)27-17(3)32-23-12-21(19-6-9-22(31)10-7-19)13-24(34)29(23)28(27)20-8-11-25(38-18(4)33)26(14-20)36-5/h6-11,14,16,21,28,32H,12-13,15H2,1-5H3/t21-,28+/m0/s1. The molecule has 0 spiro atoms. The minimum atomic E-state index is -0.662. The van der Waals surface area contributed by atoms with Gasteiger partial charge < -0.3 is 19.5 Å². The summed E-state index contributed by atoms with van der Waals surface area (Å²) in [5.41, 5.74) is 4.04. The van der Waals surface area contributed by atoms with E-state index in [1.54, 1.807) is 18.2 Å². The number of esters is 2. The second-order valence-electron chi connectivity index (χ2n) is 10.1. The van der Waals surface area contributed by atoms with Gasteiger partial charge in [0.25, 0.3) is 0 Å². The molecule has 38 heavy (non-hydrogen) atoms. The van der Waals surface area contributed by atoms with Crippen molar-refractivity contribution >= 4 is 29.3 Å². The molecule has 1 aliphatic heterocycles. The molecular formula is C30H32ClNO6. The molecule has 0 fully saturated rings. The Balaban J connectivity index is 1.80. The van der Waals surface area contributed by atoms with Gasteiger partial charge in [-0.3, -0.25) is 9.59 Å². The summed E-state index contributed by atoms with van der Waals surface area (Å²) in [5.74, 6) is -0.942. The van der Waals surface area contributed by atoms with Gasteiger partial charge in [0.2, 0.25) is 0 Å². The van der Waals surface area contributed by atoms with Crippen LogP contribution in [0.25, 0.3) is 0 Å². The van der Waals surface area contributed by atoms with Crippen molar-refractivity contribution in [2.45, 2.75) is 52.4 Å². The van der Waals surface area contributed by atoms with Crippen LogP contribution in [0.5, 0.6) is 11.5 Å². The fourth-order valence-corrected chi connectivity index (χ4v) is 5.16. The lowest BCUT2D eigenvalue weighted by Gasteiger charge is -2.37. The van der Waals surface area contributed by atoms with E-state index in [1.165, 1.54) is 14.0 Å². The molecule has 1 aliphatic carbocycles. The topological polar surface area (TPSA) is 90.9 Å². The number of hydrogen-bond donors (Lipinski definition) is 1. The van der Waals surface area contributed by atoms with Crippen LogP contribution in [0.3, 0.4) is 0 Å². The third kappa shape index (κ3) is 5.78. The number of rotatable bonds is 7. The molecule has 8 heteroatoms. The molecule has 2 aromatic carbocycles. The maximum Gasteiger partial charge on any atom is 0.336 e. The summed E-state index contributed by atoms with van der Waals surface area (Å²) in [5, 5.41) is 4.00. The van der Waals surface area contributed by atoms with Crippen LogP contribution in [0.1, 0.15) is 63.5 Å². The van der Waals surface area contributed by atoms with E-state index in [1.807, 2.05) is 45.0 Å². The number of Topliss-reactive ketones (excluding diaryl/α,β-unsaturated/α-hetero) is 1. The van der Waals surface area contributed by atoms with Crippen molar-refractivity contribution in [3.05, 3.63) is 81.2 Å². The quantitative estimate of drug-likeness (QED) is 0.351. The van der Waals surface area contributed by atoms with Gasteiger partial charge in [0.15, 0.2) is 17.3 Å². The zero-order valence-electron chi connectivity index (χ0n) is 22.2. The average Bonchev–Trinajstić information content (AvgIpc) is 2.86. The number of ketones is 1. The fourth-order valence-electron chi connectivity index (χ4n) is 5.04. The lowest BCUT2D eigenvalue weighted by molar-refractivity contribution is -0.140. The molecule has 0 aromatic heterocycles. The smallest absolute Gasteiger partial charge is 0.336 e. The highest BCUT2D eigenvalue weighted by molar-refractivity contribution is 6.30. The Morgan fingerprint density at radius 3 is 2.37 bits per heavy atom. The molecule has 4 rings (SSSR count). The largest absolute Gasteiger partial charge is 0.493 e. The second kappa shape index (κ2) is 11.4. The van der Waals surface area contributed by atoms with Crippen LogP contribution >= 0.6 is 11.6 Å². The number of nitrogens with one attached hydrogen (secondary N) is 1. The predicted molar refractivity (Wildman–Crippen MR) is 144 cm³/mol. The molecule has 200 valence electrons. The van der Waals surface area contributed by atoms with E-state index in [0.717, 1.165) is 11.3 Å². The first kappa shape index (κ1) is 27.5. The van der Waals surface area contributed by atoms with Gasteiger partial charge in [-0.05, 0) is 60.6 Å². The average molecular weight is 538 g/mol. The number of ether oxygens (including phenoxy) is 3. The number of dihydropyridines is 1. The van der Waals surface area contributed by atoms with Crippen molar-refractivity contribution in [3.63, 3.8) is 0 Å². The second-order valence-corrected chi connectivity index (χ2v) is 10.5. The first-order valence-corrected chi connectivity index (χ1v) is 13.0. The van der Waals surface area contributed by atoms with Crippen molar-refractivity contribution in [2.75, 3.05) is 13.7 Å². The monoisotopic (exact) mass is 537 g/mol. The minimum absolute atomic E-state index is 0.0187. The van der Waals surface area contributed by atoms with Crippen molar-refractivity contribution in [1.29, 1.82) is 0 Å². The van der Waals surface area contributed by atoms with Gasteiger partial charge in [-0.1, -0.05) is 43.6 Å². The molecule has 2 atom stereocenters. The zero-order chi connectivity index (χ0) is 27.6. The van der Waals surface area contributed by atoms with E-state index in [2.05, 4.69) is 5.32 Å². The number of benzene rings is 2. The van der Waals surface area contributed by atoms with Gasteiger partial charge in [-0.15, -0.1) is 0 Å². The van der Waals surface area contributed by atoms with E-state index in [9.17, 15) is 14.4 Å². The summed E-state index contributed by atoms with van der Waals surface area (Å²) < 4.78 is 16.4. The van der Waals surface area contributed by atoms with Gasteiger partial charge in [0.1, 0.15) is 0 Å². The highest BCUT2D eigenvalue weighted by Crippen LogP contribution is 2.47. The van der Waals surface area contributed by atoms with Crippen molar-refractivity contribution in [2.24, 2.45) is 5.92 Å². The van der Waals surface area contributed by atoms with Crippen molar-refractivity contribution < 1.29 is 28.6 Å². The molecule has 7 nitrogen and oxygen atoms in total. The Kier molecular flexibility index (Phi) is 8.26. The third-order valence-electron chi connectivity index (χ3n) is 6.71. The first-order chi connectivity index (χ1) is 18.1. The SMILES string of the molecule is COc1cc([C@@H]2C(C(=O)OCC(C)C)=C(C)NC3=C2C(=O)C[C@@H](c2ccc(Cl)cc2)C3)ccc1OC(C)=O. The Morgan fingerprint density at radius 1 is 1.05 bits per heavy atom. The normalized spacial score (nSPS) is 19.2. The van der Waals surface area contributed by atoms with Crippen LogP contribution in [-0.4, -0.2) is 31.4 Å². The molecule has 1 heterocycles. The maximum absolute atomic E-state index is 13.8. The third-order valence-corrected chi connectivity index (χ3v) is 6.96. The maximum atomic E-state index is 13.8. The highest BCUT2D eigenvalue weighted by Gasteiger charge is 2.41. The molecule has 2 aliphatic rings. The van der Waals surface area contributed by atoms with E-state index in [-0.39, 0.29) is 30.0 Å². The molecule has 0 unspecified atom stereocenters. The van der Waals surface area contributed by atoms with E-state index >= 15 is 0 Å². The molecule has 0 saturated heterocycles. The number of methoxy groups -OCH3 is 1. The number of carbonyl (C=O) groups excluding carboxylic acids is 3. The summed E-state index contributed by atoms with van der Waals surface area (Å²) in [7, 11) is 1.47. The summed E-state index contributed by atoms with van der Waals surface area (Å²) >= 11 is 6.07. The number of carbonyl (C=O) groups is 3. The van der Waals surface area contributed by atoms with Crippen LogP contribution in [0.4, 0.5) is 0 Å². The summed E-state index contributed by atoms with van der Waals surface area (Å²) in [6.07, 6.45) is 0.905. The number of hydrogen-bond acceptors (Lipinski definition) is 7. The molecule has 0 radical (unpaired) electrons. The van der Waals surface area contributed by atoms with E-state index < -0.39 is 17.9 Å². The van der Waals surface area contributed by atoms with Crippen molar-refractivity contribution in [1.82, 2.24) is 5.32 Å². The van der Waals surface area contributed by atoms with Gasteiger partial charge in [0.05, 0.1) is 19.3 Å². The molecule has 0 bridgehead atoms. The predicted octanol–water partition coefficient (Wildman–Crippen LogP) is 5.83. The Hall–Kier alpha value is -3.58. The summed E-state index contributed by atoms with van der Waals surface area (Å²) in [6, 6.07) is 12.6. The molecule has 1 N–H and O–H groups in total. The van der Waals surface area contributed by atoms with E-state index in [0.29, 0.717) is 46.0 Å². The first-order valence-electron chi connectivity index (χ1n) is 12.6. The van der Waals surface area contributed by atoms with E-state index in [4.69, 9.17) is 25.8 Å². The van der Waals surface area contributed by atoms with Gasteiger partial charge in [0, 0.05) is 41.3 Å².